The Morgan fingerprint density at radius 1 is 1.45 bits per heavy atom. The first-order valence-corrected chi connectivity index (χ1v) is 6.68. The lowest BCUT2D eigenvalue weighted by Crippen LogP contribution is -2.34. The van der Waals surface area contributed by atoms with Crippen molar-refractivity contribution in [2.75, 3.05) is 13.1 Å². The fourth-order valence-electron chi connectivity index (χ4n) is 2.60. The van der Waals surface area contributed by atoms with Crippen LogP contribution in [0.5, 0.6) is 0 Å². The van der Waals surface area contributed by atoms with Crippen molar-refractivity contribution in [3.63, 3.8) is 0 Å². The minimum atomic E-state index is -0.252. The second-order valence-corrected chi connectivity index (χ2v) is 5.24. The van der Waals surface area contributed by atoms with E-state index in [0.29, 0.717) is 6.54 Å². The Bertz CT molecular complexity index is 578. The Labute approximate surface area is 124 Å². The summed E-state index contributed by atoms with van der Waals surface area (Å²) in [6, 6.07) is 9.88. The summed E-state index contributed by atoms with van der Waals surface area (Å²) in [7, 11) is 0. The highest BCUT2D eigenvalue weighted by atomic mass is 35.5. The third-order valence-corrected chi connectivity index (χ3v) is 3.78. The van der Waals surface area contributed by atoms with Crippen LogP contribution in [0, 0.1) is 0 Å². The van der Waals surface area contributed by atoms with Gasteiger partial charge in [0, 0.05) is 24.5 Å². The van der Waals surface area contributed by atoms with Gasteiger partial charge in [0.25, 0.3) is 0 Å². The van der Waals surface area contributed by atoms with Crippen LogP contribution in [0.15, 0.2) is 34.7 Å². The first-order chi connectivity index (χ1) is 9.15. The van der Waals surface area contributed by atoms with Gasteiger partial charge < -0.3 is 15.1 Å². The Morgan fingerprint density at radius 3 is 2.85 bits per heavy atom. The number of carbonyl (C=O) groups excluding carboxylic acids is 1. The van der Waals surface area contributed by atoms with E-state index < -0.39 is 0 Å². The molecule has 4 nitrogen and oxygen atoms in total. The first kappa shape index (κ1) is 14.9. The number of halogens is 1. The molecule has 1 unspecified atom stereocenters. The van der Waals surface area contributed by atoms with Crippen LogP contribution in [0.4, 0.5) is 0 Å². The van der Waals surface area contributed by atoms with Gasteiger partial charge in [0.1, 0.15) is 11.3 Å². The smallest absolute Gasteiger partial charge is 0.233 e. The number of benzene rings is 1. The van der Waals surface area contributed by atoms with Crippen LogP contribution < -0.4 is 5.73 Å². The molecule has 2 N–H and O–H groups in total. The van der Waals surface area contributed by atoms with Crippen LogP contribution in [0.3, 0.4) is 0 Å². The molecule has 2 heterocycles. The monoisotopic (exact) mass is 294 g/mol. The Morgan fingerprint density at radius 2 is 2.20 bits per heavy atom. The fraction of sp³-hybridized carbons (Fsp3) is 0.400. The largest absolute Gasteiger partial charge is 0.460 e. The molecular formula is C15H19ClN2O2. The zero-order chi connectivity index (χ0) is 13.4. The van der Waals surface area contributed by atoms with Crippen molar-refractivity contribution in [1.82, 2.24) is 4.90 Å². The normalized spacial score (nSPS) is 19.9. The Balaban J connectivity index is 0.00000147. The molecule has 3 rings (SSSR count). The number of rotatable bonds is 2. The van der Waals surface area contributed by atoms with Gasteiger partial charge in [0.15, 0.2) is 0 Å². The van der Waals surface area contributed by atoms with Crippen LogP contribution in [0.2, 0.25) is 0 Å². The van der Waals surface area contributed by atoms with Crippen molar-refractivity contribution >= 4 is 29.3 Å². The SMILES string of the molecule is CC(C(=O)N1CC[C@@H](N)C1)c1cc2ccccc2o1.Cl. The summed E-state index contributed by atoms with van der Waals surface area (Å²) in [4.78, 5) is 14.2. The maximum atomic E-state index is 12.4. The Kier molecular flexibility index (Phi) is 4.35. The summed E-state index contributed by atoms with van der Waals surface area (Å²) in [6.45, 7) is 3.30. The maximum Gasteiger partial charge on any atom is 0.233 e. The lowest BCUT2D eigenvalue weighted by atomic mass is 10.1. The predicted molar refractivity (Wildman–Crippen MR) is 81.0 cm³/mol. The zero-order valence-electron chi connectivity index (χ0n) is 11.4. The molecule has 108 valence electrons. The highest BCUT2D eigenvalue weighted by Gasteiger charge is 2.29. The summed E-state index contributed by atoms with van der Waals surface area (Å²) in [5, 5.41) is 1.04. The van der Waals surface area contributed by atoms with Gasteiger partial charge in [-0.1, -0.05) is 18.2 Å². The van der Waals surface area contributed by atoms with Crippen LogP contribution in [-0.4, -0.2) is 29.9 Å². The van der Waals surface area contributed by atoms with Crippen molar-refractivity contribution in [1.29, 1.82) is 0 Å². The van der Waals surface area contributed by atoms with Crippen molar-refractivity contribution in [2.24, 2.45) is 5.73 Å². The zero-order valence-corrected chi connectivity index (χ0v) is 12.2. The third kappa shape index (κ3) is 2.67. The second-order valence-electron chi connectivity index (χ2n) is 5.24. The van der Waals surface area contributed by atoms with Gasteiger partial charge in [0.2, 0.25) is 5.91 Å². The molecule has 1 amide bonds. The van der Waals surface area contributed by atoms with Crippen molar-refractivity contribution in [2.45, 2.75) is 25.3 Å². The predicted octanol–water partition coefficient (Wildman–Crippen LogP) is 2.52. The van der Waals surface area contributed by atoms with Crippen LogP contribution in [0.1, 0.15) is 25.0 Å². The van der Waals surface area contributed by atoms with Gasteiger partial charge in [-0.3, -0.25) is 4.79 Å². The standard InChI is InChI=1S/C15H18N2O2.ClH/c1-10(15(18)17-7-6-12(16)9-17)14-8-11-4-2-3-5-13(11)19-14;/h2-5,8,10,12H,6-7,9,16H2,1H3;1H/t10?,12-;/m1./s1. The quantitative estimate of drug-likeness (QED) is 0.926. The number of likely N-dealkylation sites (tertiary alicyclic amines) is 1. The minimum absolute atomic E-state index is 0. The summed E-state index contributed by atoms with van der Waals surface area (Å²) in [5.74, 6) is 0.580. The molecule has 1 saturated heterocycles. The number of hydrogen-bond donors (Lipinski definition) is 1. The fourth-order valence-corrected chi connectivity index (χ4v) is 2.60. The molecular weight excluding hydrogens is 276 g/mol. The highest BCUT2D eigenvalue weighted by Crippen LogP contribution is 2.27. The topological polar surface area (TPSA) is 59.5 Å². The number of nitrogens with zero attached hydrogens (tertiary/aromatic N) is 1. The Hall–Kier alpha value is -1.52. The summed E-state index contributed by atoms with van der Waals surface area (Å²) in [6.07, 6.45) is 0.887. The molecule has 2 atom stereocenters. The van der Waals surface area contributed by atoms with Crippen LogP contribution in [0.25, 0.3) is 11.0 Å². The molecule has 0 aliphatic carbocycles. The van der Waals surface area contributed by atoms with Crippen LogP contribution in [-0.2, 0) is 4.79 Å². The molecule has 1 aromatic carbocycles. The van der Waals surface area contributed by atoms with Crippen molar-refractivity contribution in [3.8, 4) is 0 Å². The number of para-hydroxylation sites is 1. The second kappa shape index (κ2) is 5.85. The average Bonchev–Trinajstić information content (AvgIpc) is 3.02. The van der Waals surface area contributed by atoms with Gasteiger partial charge in [-0.25, -0.2) is 0 Å². The summed E-state index contributed by atoms with van der Waals surface area (Å²) in [5.41, 5.74) is 6.67. The summed E-state index contributed by atoms with van der Waals surface area (Å²) >= 11 is 0. The van der Waals surface area contributed by atoms with E-state index in [-0.39, 0.29) is 30.3 Å². The summed E-state index contributed by atoms with van der Waals surface area (Å²) < 4.78 is 5.76. The number of carbonyl (C=O) groups is 1. The molecule has 0 spiro atoms. The molecule has 0 saturated carbocycles. The van der Waals surface area contributed by atoms with Crippen molar-refractivity contribution in [3.05, 3.63) is 36.1 Å². The van der Waals surface area contributed by atoms with Gasteiger partial charge in [-0.15, -0.1) is 12.4 Å². The number of hydrogen-bond acceptors (Lipinski definition) is 3. The molecule has 0 radical (unpaired) electrons. The lowest BCUT2D eigenvalue weighted by molar-refractivity contribution is -0.131. The van der Waals surface area contributed by atoms with E-state index in [1.54, 1.807) is 0 Å². The van der Waals surface area contributed by atoms with E-state index in [2.05, 4.69) is 0 Å². The average molecular weight is 295 g/mol. The minimum Gasteiger partial charge on any atom is -0.460 e. The van der Waals surface area contributed by atoms with E-state index in [1.807, 2.05) is 42.2 Å². The molecule has 1 aromatic heterocycles. The maximum absolute atomic E-state index is 12.4. The number of amides is 1. The molecule has 1 aliphatic rings. The van der Waals surface area contributed by atoms with E-state index in [9.17, 15) is 4.79 Å². The molecule has 0 bridgehead atoms. The molecule has 5 heteroatoms. The number of fused-ring (bicyclic) bond motifs is 1. The molecule has 2 aromatic rings. The lowest BCUT2D eigenvalue weighted by Gasteiger charge is -2.19. The molecule has 1 fully saturated rings. The van der Waals surface area contributed by atoms with Crippen LogP contribution >= 0.6 is 12.4 Å². The number of nitrogens with two attached hydrogens (primary N) is 1. The van der Waals surface area contributed by atoms with Gasteiger partial charge in [-0.2, -0.15) is 0 Å². The van der Waals surface area contributed by atoms with E-state index >= 15 is 0 Å². The van der Waals surface area contributed by atoms with E-state index in [0.717, 1.165) is 29.7 Å². The molecule has 20 heavy (non-hydrogen) atoms. The number of furan rings is 1. The van der Waals surface area contributed by atoms with Gasteiger partial charge >= 0.3 is 0 Å². The van der Waals surface area contributed by atoms with Gasteiger partial charge in [-0.05, 0) is 25.5 Å². The van der Waals surface area contributed by atoms with E-state index in [4.69, 9.17) is 10.2 Å². The van der Waals surface area contributed by atoms with Crippen molar-refractivity contribution < 1.29 is 9.21 Å². The first-order valence-electron chi connectivity index (χ1n) is 6.68. The third-order valence-electron chi connectivity index (χ3n) is 3.78. The molecule has 1 aliphatic heterocycles. The van der Waals surface area contributed by atoms with E-state index in [1.165, 1.54) is 0 Å². The van der Waals surface area contributed by atoms with Gasteiger partial charge in [0.05, 0.1) is 5.92 Å². The highest BCUT2D eigenvalue weighted by molar-refractivity contribution is 5.86.